The second-order valence-corrected chi connectivity index (χ2v) is 8.74. The van der Waals surface area contributed by atoms with Crippen molar-refractivity contribution in [3.63, 3.8) is 0 Å². The van der Waals surface area contributed by atoms with Crippen molar-refractivity contribution in [1.82, 2.24) is 20.3 Å². The van der Waals surface area contributed by atoms with Gasteiger partial charge >= 0.3 is 0 Å². The molecule has 0 radical (unpaired) electrons. The van der Waals surface area contributed by atoms with Crippen molar-refractivity contribution in [3.8, 4) is 11.3 Å². The van der Waals surface area contributed by atoms with Gasteiger partial charge in [0, 0.05) is 24.9 Å². The van der Waals surface area contributed by atoms with Crippen LogP contribution in [0, 0.1) is 17.7 Å². The number of nitrogens with zero attached hydrogens (tertiary/aromatic N) is 3. The molecule has 6 rings (SSSR count). The van der Waals surface area contributed by atoms with Crippen molar-refractivity contribution in [2.45, 2.75) is 32.0 Å². The van der Waals surface area contributed by atoms with E-state index in [4.69, 9.17) is 0 Å². The standard InChI is InChI=1S/C24H26FN5O/c25-20-8-6-18(7-9-20)23-16-30(28-27-23)14-21-12-19-10-11-29(21)15-22(19)24(31)26-13-17-4-2-1-3-5-17/h1-9,16,19,21-22H,10-15H2,(H,26,31)/p+1/t19-,21-,22+/m1/s1. The third-order valence-corrected chi connectivity index (χ3v) is 6.78. The Bertz CT molecular complexity index is 1040. The topological polar surface area (TPSA) is 64.2 Å². The lowest BCUT2D eigenvalue weighted by atomic mass is 9.75. The summed E-state index contributed by atoms with van der Waals surface area (Å²) in [6.45, 7) is 3.37. The number of amides is 1. The molecule has 3 saturated heterocycles. The van der Waals surface area contributed by atoms with E-state index in [0.29, 0.717) is 18.5 Å². The van der Waals surface area contributed by atoms with E-state index in [1.165, 1.54) is 17.0 Å². The summed E-state index contributed by atoms with van der Waals surface area (Å²) in [5, 5.41) is 11.7. The lowest BCUT2D eigenvalue weighted by Gasteiger charge is -2.46. The number of halogens is 1. The van der Waals surface area contributed by atoms with Crippen molar-refractivity contribution in [3.05, 3.63) is 72.2 Å². The van der Waals surface area contributed by atoms with Gasteiger partial charge in [0.25, 0.3) is 0 Å². The van der Waals surface area contributed by atoms with Gasteiger partial charge in [-0.2, -0.15) is 0 Å². The van der Waals surface area contributed by atoms with Gasteiger partial charge in [0.05, 0.1) is 31.7 Å². The molecule has 0 spiro atoms. The Labute approximate surface area is 181 Å². The monoisotopic (exact) mass is 420 g/mol. The average molecular weight is 421 g/mol. The average Bonchev–Trinajstić information content (AvgIpc) is 3.27. The smallest absolute Gasteiger partial charge is 0.229 e. The summed E-state index contributed by atoms with van der Waals surface area (Å²) in [6, 6.07) is 16.8. The van der Waals surface area contributed by atoms with Crippen LogP contribution in [0.25, 0.3) is 11.3 Å². The maximum absolute atomic E-state index is 13.2. The first-order valence-electron chi connectivity index (χ1n) is 11.0. The van der Waals surface area contributed by atoms with Crippen LogP contribution in [0.2, 0.25) is 0 Å². The minimum Gasteiger partial charge on any atom is -0.352 e. The number of carbonyl (C=O) groups excluding carboxylic acids is 1. The van der Waals surface area contributed by atoms with E-state index in [1.54, 1.807) is 12.1 Å². The second kappa shape index (κ2) is 8.59. The fraction of sp³-hybridized carbons (Fsp3) is 0.375. The van der Waals surface area contributed by atoms with Gasteiger partial charge in [-0.3, -0.25) is 4.79 Å². The molecule has 3 aromatic rings. The van der Waals surface area contributed by atoms with Crippen LogP contribution in [-0.4, -0.2) is 40.0 Å². The van der Waals surface area contributed by atoms with Gasteiger partial charge in [-0.1, -0.05) is 35.5 Å². The van der Waals surface area contributed by atoms with Crippen LogP contribution in [0.5, 0.6) is 0 Å². The normalized spacial score (nSPS) is 24.8. The van der Waals surface area contributed by atoms with Gasteiger partial charge in [-0.05, 0) is 35.7 Å². The zero-order chi connectivity index (χ0) is 21.2. The summed E-state index contributed by atoms with van der Waals surface area (Å²) in [6.07, 6.45) is 4.07. The molecular weight excluding hydrogens is 393 g/mol. The van der Waals surface area contributed by atoms with E-state index in [1.807, 2.05) is 41.2 Å². The molecular formula is C24H27FN5O+. The largest absolute Gasteiger partial charge is 0.352 e. The molecule has 1 amide bonds. The van der Waals surface area contributed by atoms with Crippen LogP contribution in [0.4, 0.5) is 4.39 Å². The second-order valence-electron chi connectivity index (χ2n) is 8.74. The lowest BCUT2D eigenvalue weighted by Crippen LogP contribution is -3.20. The molecule has 1 aromatic heterocycles. The molecule has 4 heterocycles. The van der Waals surface area contributed by atoms with E-state index >= 15 is 0 Å². The Kier molecular flexibility index (Phi) is 5.51. The zero-order valence-corrected chi connectivity index (χ0v) is 17.4. The highest BCUT2D eigenvalue weighted by atomic mass is 19.1. The van der Waals surface area contributed by atoms with Crippen LogP contribution in [0.1, 0.15) is 18.4 Å². The quantitative estimate of drug-likeness (QED) is 0.638. The third-order valence-electron chi connectivity index (χ3n) is 6.78. The molecule has 2 aromatic carbocycles. The number of benzene rings is 2. The Morgan fingerprint density at radius 3 is 2.71 bits per heavy atom. The summed E-state index contributed by atoms with van der Waals surface area (Å²) in [5.74, 6) is 0.449. The Balaban J connectivity index is 1.18. The van der Waals surface area contributed by atoms with Crippen molar-refractivity contribution in [1.29, 1.82) is 0 Å². The number of hydrogen-bond acceptors (Lipinski definition) is 3. The molecule has 3 aliphatic rings. The maximum Gasteiger partial charge on any atom is 0.229 e. The van der Waals surface area contributed by atoms with Crippen molar-refractivity contribution < 1.29 is 14.1 Å². The highest BCUT2D eigenvalue weighted by molar-refractivity contribution is 5.79. The molecule has 3 aliphatic heterocycles. The zero-order valence-electron chi connectivity index (χ0n) is 17.4. The molecule has 4 atom stereocenters. The SMILES string of the molecule is O=C(NCc1ccccc1)[C@H]1C[NH+]2CC[C@@H]1C[C@@H]2Cn1cc(-c2ccc(F)cc2)nn1. The highest BCUT2D eigenvalue weighted by Crippen LogP contribution is 2.28. The van der Waals surface area contributed by atoms with Crippen molar-refractivity contribution >= 4 is 5.91 Å². The van der Waals surface area contributed by atoms with Gasteiger partial charge < -0.3 is 10.2 Å². The summed E-state index contributed by atoms with van der Waals surface area (Å²) < 4.78 is 15.0. The molecule has 2 bridgehead atoms. The van der Waals surface area contributed by atoms with Crippen LogP contribution in [-0.2, 0) is 17.9 Å². The number of piperidine rings is 3. The number of fused-ring (bicyclic) bond motifs is 3. The first-order chi connectivity index (χ1) is 15.2. The number of aromatic nitrogens is 3. The molecule has 7 heteroatoms. The molecule has 1 unspecified atom stereocenters. The predicted octanol–water partition coefficient (Wildman–Crippen LogP) is 1.69. The first-order valence-corrected chi connectivity index (χ1v) is 11.0. The van der Waals surface area contributed by atoms with Crippen LogP contribution in [0.3, 0.4) is 0 Å². The van der Waals surface area contributed by atoms with Crippen LogP contribution in [0.15, 0.2) is 60.8 Å². The Morgan fingerprint density at radius 1 is 1.16 bits per heavy atom. The van der Waals surface area contributed by atoms with Crippen molar-refractivity contribution in [2.75, 3.05) is 13.1 Å². The molecule has 0 saturated carbocycles. The fourth-order valence-electron chi connectivity index (χ4n) is 5.10. The van der Waals surface area contributed by atoms with E-state index in [0.717, 1.165) is 49.3 Å². The van der Waals surface area contributed by atoms with Crippen molar-refractivity contribution in [2.24, 2.45) is 11.8 Å². The number of hydrogen-bond donors (Lipinski definition) is 2. The van der Waals surface area contributed by atoms with Gasteiger partial charge in [-0.15, -0.1) is 5.10 Å². The van der Waals surface area contributed by atoms with E-state index in [9.17, 15) is 9.18 Å². The van der Waals surface area contributed by atoms with Gasteiger partial charge in [0.1, 0.15) is 17.6 Å². The molecule has 3 fully saturated rings. The lowest BCUT2D eigenvalue weighted by molar-refractivity contribution is -0.945. The molecule has 6 nitrogen and oxygen atoms in total. The van der Waals surface area contributed by atoms with Crippen LogP contribution >= 0.6 is 0 Å². The number of carbonyl (C=O) groups is 1. The minimum atomic E-state index is -0.256. The maximum atomic E-state index is 13.2. The first kappa shape index (κ1) is 19.9. The molecule has 31 heavy (non-hydrogen) atoms. The molecule has 2 N–H and O–H groups in total. The number of quaternary nitrogens is 1. The Morgan fingerprint density at radius 2 is 1.97 bits per heavy atom. The summed E-state index contributed by atoms with van der Waals surface area (Å²) >= 11 is 0. The van der Waals surface area contributed by atoms with Gasteiger partial charge in [-0.25, -0.2) is 9.07 Å². The van der Waals surface area contributed by atoms with Gasteiger partial charge in [0.2, 0.25) is 5.91 Å². The molecule has 0 aliphatic carbocycles. The predicted molar refractivity (Wildman–Crippen MR) is 114 cm³/mol. The van der Waals surface area contributed by atoms with E-state index < -0.39 is 0 Å². The summed E-state index contributed by atoms with van der Waals surface area (Å²) in [5.41, 5.74) is 2.75. The minimum absolute atomic E-state index is 0.0919. The fourth-order valence-corrected chi connectivity index (χ4v) is 5.10. The summed E-state index contributed by atoms with van der Waals surface area (Å²) in [4.78, 5) is 14.3. The van der Waals surface area contributed by atoms with E-state index in [2.05, 4.69) is 15.6 Å². The van der Waals surface area contributed by atoms with Gasteiger partial charge in [0.15, 0.2) is 0 Å². The molecule has 160 valence electrons. The third kappa shape index (κ3) is 4.37. The van der Waals surface area contributed by atoms with E-state index in [-0.39, 0.29) is 17.6 Å². The highest BCUT2D eigenvalue weighted by Gasteiger charge is 2.46. The number of nitrogens with one attached hydrogen (secondary N) is 2. The van der Waals surface area contributed by atoms with Crippen LogP contribution < -0.4 is 10.2 Å². The Hall–Kier alpha value is -3.06. The number of rotatable bonds is 6. The summed E-state index contributed by atoms with van der Waals surface area (Å²) in [7, 11) is 0.